The van der Waals surface area contributed by atoms with Crippen LogP contribution in [0.25, 0.3) is 0 Å². The van der Waals surface area contributed by atoms with E-state index < -0.39 is 17.4 Å². The monoisotopic (exact) mass is 259 g/mol. The summed E-state index contributed by atoms with van der Waals surface area (Å²) in [7, 11) is 0. The fourth-order valence-electron chi connectivity index (χ4n) is 1.09. The molecule has 0 fully saturated rings. The lowest BCUT2D eigenvalue weighted by atomic mass is 10.2. The molecule has 1 rings (SSSR count). The molecule has 1 aromatic carbocycles. The molecule has 17 heavy (non-hydrogen) atoms. The molecule has 0 radical (unpaired) electrons. The second kappa shape index (κ2) is 6.09. The maximum absolute atomic E-state index is 13.7. The standard InChI is InChI=1S/C10H11F2N3OS/c1-2-16-9-7(11)4-3-6(8(9)12)5-14-15-10(13)17/h3-5H,2H2,1H3,(H3,13,15,17). The van der Waals surface area contributed by atoms with Crippen molar-refractivity contribution in [3.8, 4) is 5.75 Å². The molecule has 3 N–H and O–H groups in total. The van der Waals surface area contributed by atoms with Gasteiger partial charge in [0.2, 0.25) is 0 Å². The van der Waals surface area contributed by atoms with Crippen LogP contribution in [0.3, 0.4) is 0 Å². The van der Waals surface area contributed by atoms with Crippen molar-refractivity contribution in [1.82, 2.24) is 5.43 Å². The fourth-order valence-corrected chi connectivity index (χ4v) is 1.14. The highest BCUT2D eigenvalue weighted by Crippen LogP contribution is 2.23. The second-order valence-electron chi connectivity index (χ2n) is 2.95. The van der Waals surface area contributed by atoms with E-state index in [-0.39, 0.29) is 17.3 Å². The van der Waals surface area contributed by atoms with Gasteiger partial charge in [0.15, 0.2) is 22.5 Å². The lowest BCUT2D eigenvalue weighted by Crippen LogP contribution is -2.24. The van der Waals surface area contributed by atoms with Crippen LogP contribution < -0.4 is 15.9 Å². The third-order valence-corrected chi connectivity index (χ3v) is 1.84. The lowest BCUT2D eigenvalue weighted by molar-refractivity contribution is 0.302. The normalized spacial score (nSPS) is 10.5. The van der Waals surface area contributed by atoms with E-state index in [1.165, 1.54) is 6.07 Å². The van der Waals surface area contributed by atoms with Crippen LogP contribution in [0.1, 0.15) is 12.5 Å². The van der Waals surface area contributed by atoms with Crippen LogP contribution in [0.4, 0.5) is 8.78 Å². The van der Waals surface area contributed by atoms with Crippen LogP contribution in [0.5, 0.6) is 5.75 Å². The number of hydrazone groups is 1. The van der Waals surface area contributed by atoms with Crippen molar-refractivity contribution >= 4 is 23.5 Å². The first-order chi connectivity index (χ1) is 8.06. The number of halogens is 2. The van der Waals surface area contributed by atoms with Crippen molar-refractivity contribution in [2.75, 3.05) is 6.61 Å². The highest BCUT2D eigenvalue weighted by molar-refractivity contribution is 7.80. The maximum Gasteiger partial charge on any atom is 0.191 e. The van der Waals surface area contributed by atoms with E-state index in [2.05, 4.69) is 22.7 Å². The Kier molecular flexibility index (Phi) is 4.77. The molecule has 0 aliphatic carbocycles. The molecule has 0 aliphatic heterocycles. The first kappa shape index (κ1) is 13.3. The first-order valence-electron chi connectivity index (χ1n) is 4.75. The third kappa shape index (κ3) is 3.63. The molecule has 1 aromatic rings. The number of ether oxygens (including phenoxy) is 1. The zero-order valence-corrected chi connectivity index (χ0v) is 9.85. The van der Waals surface area contributed by atoms with Crippen molar-refractivity contribution in [3.63, 3.8) is 0 Å². The van der Waals surface area contributed by atoms with Crippen molar-refractivity contribution in [2.45, 2.75) is 6.92 Å². The molecule has 0 saturated carbocycles. The summed E-state index contributed by atoms with van der Waals surface area (Å²) in [5, 5.41) is 3.53. The minimum absolute atomic E-state index is 0.0474. The summed E-state index contributed by atoms with van der Waals surface area (Å²) in [6.07, 6.45) is 1.14. The highest BCUT2D eigenvalue weighted by atomic mass is 32.1. The van der Waals surface area contributed by atoms with Gasteiger partial charge in [0.25, 0.3) is 0 Å². The first-order valence-corrected chi connectivity index (χ1v) is 5.16. The number of hydrogen-bond acceptors (Lipinski definition) is 3. The summed E-state index contributed by atoms with van der Waals surface area (Å²) in [6, 6.07) is 2.33. The Balaban J connectivity index is 2.97. The van der Waals surface area contributed by atoms with Crippen LogP contribution in [-0.2, 0) is 0 Å². The Morgan fingerprint density at radius 3 is 2.88 bits per heavy atom. The van der Waals surface area contributed by atoms with E-state index in [4.69, 9.17) is 10.5 Å². The molecule has 0 bridgehead atoms. The van der Waals surface area contributed by atoms with Crippen molar-refractivity contribution in [3.05, 3.63) is 29.3 Å². The lowest BCUT2D eigenvalue weighted by Gasteiger charge is -2.07. The zero-order valence-electron chi connectivity index (χ0n) is 9.04. The molecule has 0 aromatic heterocycles. The molecule has 0 spiro atoms. The summed E-state index contributed by atoms with van der Waals surface area (Å²) in [5.41, 5.74) is 7.46. The van der Waals surface area contributed by atoms with Crippen LogP contribution >= 0.6 is 12.2 Å². The Labute approximate surface area is 102 Å². The molecule has 92 valence electrons. The van der Waals surface area contributed by atoms with Crippen LogP contribution in [-0.4, -0.2) is 17.9 Å². The van der Waals surface area contributed by atoms with Crippen molar-refractivity contribution < 1.29 is 13.5 Å². The van der Waals surface area contributed by atoms with E-state index >= 15 is 0 Å². The van der Waals surface area contributed by atoms with Crippen molar-refractivity contribution in [1.29, 1.82) is 0 Å². The molecule has 0 atom stereocenters. The van der Waals surface area contributed by atoms with Gasteiger partial charge in [-0.1, -0.05) is 0 Å². The topological polar surface area (TPSA) is 59.6 Å². The number of hydrogen-bond donors (Lipinski definition) is 2. The van der Waals surface area contributed by atoms with Crippen LogP contribution in [0.2, 0.25) is 0 Å². The molecule has 0 aliphatic rings. The van der Waals surface area contributed by atoms with E-state index in [1.54, 1.807) is 6.92 Å². The van der Waals surface area contributed by atoms with Gasteiger partial charge in [-0.3, -0.25) is 5.43 Å². The summed E-state index contributed by atoms with van der Waals surface area (Å²) in [4.78, 5) is 0. The SMILES string of the molecule is CCOc1c(F)ccc(C=NNC(N)=S)c1F. The highest BCUT2D eigenvalue weighted by Gasteiger charge is 2.13. The Bertz CT molecular complexity index is 451. The molecule has 0 saturated heterocycles. The fraction of sp³-hybridized carbons (Fsp3) is 0.200. The van der Waals surface area contributed by atoms with Crippen molar-refractivity contribution in [2.24, 2.45) is 10.8 Å². The minimum atomic E-state index is -0.819. The minimum Gasteiger partial charge on any atom is -0.488 e. The van der Waals surface area contributed by atoms with Gasteiger partial charge in [-0.15, -0.1) is 0 Å². The average molecular weight is 259 g/mol. The summed E-state index contributed by atoms with van der Waals surface area (Å²) in [5.74, 6) is -2.00. The van der Waals surface area contributed by atoms with Gasteiger partial charge in [0.1, 0.15) is 0 Å². The van der Waals surface area contributed by atoms with E-state index in [1.807, 2.05) is 0 Å². The second-order valence-corrected chi connectivity index (χ2v) is 3.39. The largest absolute Gasteiger partial charge is 0.488 e. The Morgan fingerprint density at radius 1 is 1.59 bits per heavy atom. The van der Waals surface area contributed by atoms with Gasteiger partial charge in [-0.2, -0.15) is 5.10 Å². The smallest absolute Gasteiger partial charge is 0.191 e. The number of nitrogens with two attached hydrogens (primary N) is 1. The van der Waals surface area contributed by atoms with Gasteiger partial charge in [0, 0.05) is 5.56 Å². The summed E-state index contributed by atoms with van der Waals surface area (Å²) >= 11 is 4.51. The van der Waals surface area contributed by atoms with Crippen LogP contribution in [0.15, 0.2) is 17.2 Å². The maximum atomic E-state index is 13.7. The molecule has 0 amide bonds. The number of thiocarbonyl (C=S) groups is 1. The quantitative estimate of drug-likeness (QED) is 0.489. The molecule has 0 unspecified atom stereocenters. The predicted molar refractivity (Wildman–Crippen MR) is 65.0 cm³/mol. The van der Waals surface area contributed by atoms with E-state index in [9.17, 15) is 8.78 Å². The zero-order chi connectivity index (χ0) is 12.8. The Morgan fingerprint density at radius 2 is 2.29 bits per heavy atom. The molecule has 0 heterocycles. The van der Waals surface area contributed by atoms with Crippen LogP contribution in [0, 0.1) is 11.6 Å². The van der Waals surface area contributed by atoms with Gasteiger partial charge in [0.05, 0.1) is 12.8 Å². The van der Waals surface area contributed by atoms with Gasteiger partial charge in [-0.25, -0.2) is 8.78 Å². The summed E-state index contributed by atoms with van der Waals surface area (Å²) < 4.78 is 31.8. The summed E-state index contributed by atoms with van der Waals surface area (Å²) in [6.45, 7) is 1.80. The average Bonchev–Trinajstić information content (AvgIpc) is 2.27. The number of nitrogens with zero attached hydrogens (tertiary/aromatic N) is 1. The molecule has 4 nitrogen and oxygen atoms in total. The van der Waals surface area contributed by atoms with E-state index in [0.29, 0.717) is 0 Å². The number of rotatable bonds is 4. The predicted octanol–water partition coefficient (Wildman–Crippen LogP) is 1.53. The number of nitrogens with one attached hydrogen (secondary N) is 1. The van der Waals surface area contributed by atoms with Gasteiger partial charge < -0.3 is 10.5 Å². The van der Waals surface area contributed by atoms with Gasteiger partial charge >= 0.3 is 0 Å². The number of benzene rings is 1. The van der Waals surface area contributed by atoms with E-state index in [0.717, 1.165) is 12.3 Å². The molecular formula is C10H11F2N3OS. The third-order valence-electron chi connectivity index (χ3n) is 1.75. The van der Waals surface area contributed by atoms with Gasteiger partial charge in [-0.05, 0) is 31.3 Å². The molecular weight excluding hydrogens is 248 g/mol. The Hall–Kier alpha value is -1.76. The molecule has 7 heteroatoms.